The summed E-state index contributed by atoms with van der Waals surface area (Å²) in [6.07, 6.45) is 4.76. The molecule has 1 saturated heterocycles. The van der Waals surface area contributed by atoms with Crippen LogP contribution in [0.2, 0.25) is 5.02 Å². The molecular weight excluding hydrogens is 314 g/mol. The Hall–Kier alpha value is -1.08. The van der Waals surface area contributed by atoms with Crippen molar-refractivity contribution in [2.75, 3.05) is 16.8 Å². The van der Waals surface area contributed by atoms with E-state index in [2.05, 4.69) is 10.4 Å². The van der Waals surface area contributed by atoms with Crippen LogP contribution in [0.25, 0.3) is 0 Å². The lowest BCUT2D eigenvalue weighted by molar-refractivity contribution is 0.531. The van der Waals surface area contributed by atoms with Crippen molar-refractivity contribution in [2.24, 2.45) is 5.92 Å². The van der Waals surface area contributed by atoms with Crippen LogP contribution in [0.15, 0.2) is 11.0 Å². The third-order valence-electron chi connectivity index (χ3n) is 4.03. The maximum Gasteiger partial charge on any atom is 0.291 e. The minimum absolute atomic E-state index is 0.0319. The van der Waals surface area contributed by atoms with Gasteiger partial charge in [-0.3, -0.25) is 4.79 Å². The Morgan fingerprint density at radius 3 is 2.57 bits per heavy atom. The fraction of sp³-hybridized carbons (Fsp3) is 0.692. The van der Waals surface area contributed by atoms with Gasteiger partial charge in [0.15, 0.2) is 0 Å². The van der Waals surface area contributed by atoms with Gasteiger partial charge >= 0.3 is 0 Å². The quantitative estimate of drug-likeness (QED) is 0.899. The van der Waals surface area contributed by atoms with E-state index >= 15 is 0 Å². The molecule has 8 heteroatoms. The Morgan fingerprint density at radius 1 is 1.29 bits per heavy atom. The van der Waals surface area contributed by atoms with Crippen molar-refractivity contribution in [3.63, 3.8) is 0 Å². The van der Waals surface area contributed by atoms with Gasteiger partial charge in [0.25, 0.3) is 5.56 Å². The molecule has 0 atom stereocenters. The molecule has 2 heterocycles. The van der Waals surface area contributed by atoms with Crippen LogP contribution in [0, 0.1) is 5.92 Å². The SMILES string of the molecule is O=c1c(NC2CCS(=O)(=O)CC2)c(Cl)cnn1CC1CC1. The van der Waals surface area contributed by atoms with E-state index in [9.17, 15) is 13.2 Å². The van der Waals surface area contributed by atoms with Crippen molar-refractivity contribution < 1.29 is 8.42 Å². The Labute approximate surface area is 128 Å². The summed E-state index contributed by atoms with van der Waals surface area (Å²) in [6, 6.07) is -0.0319. The molecule has 1 aliphatic carbocycles. The number of nitrogens with one attached hydrogen (secondary N) is 1. The smallest absolute Gasteiger partial charge is 0.291 e. The molecule has 1 saturated carbocycles. The average Bonchev–Trinajstić information content (AvgIpc) is 3.24. The van der Waals surface area contributed by atoms with Crippen LogP contribution in [0.4, 0.5) is 5.69 Å². The van der Waals surface area contributed by atoms with E-state index in [1.54, 1.807) is 0 Å². The summed E-state index contributed by atoms with van der Waals surface area (Å²) in [5, 5.41) is 7.48. The van der Waals surface area contributed by atoms with Crippen molar-refractivity contribution in [2.45, 2.75) is 38.3 Å². The highest BCUT2D eigenvalue weighted by Crippen LogP contribution is 2.30. The largest absolute Gasteiger partial charge is 0.376 e. The average molecular weight is 332 g/mol. The number of anilines is 1. The molecule has 0 spiro atoms. The summed E-state index contributed by atoms with van der Waals surface area (Å²) in [5.74, 6) is 0.858. The lowest BCUT2D eigenvalue weighted by Crippen LogP contribution is -2.35. The standard InChI is InChI=1S/C13H18ClN3O3S/c14-11-7-15-17(8-9-1-2-9)13(18)12(11)16-10-3-5-21(19,20)6-4-10/h7,9-10,16H,1-6,8H2. The molecule has 21 heavy (non-hydrogen) atoms. The predicted octanol–water partition coefficient (Wildman–Crippen LogP) is 1.30. The molecule has 0 unspecified atom stereocenters. The van der Waals surface area contributed by atoms with Crippen molar-refractivity contribution in [3.8, 4) is 0 Å². The van der Waals surface area contributed by atoms with Crippen molar-refractivity contribution in [1.82, 2.24) is 9.78 Å². The maximum atomic E-state index is 12.4. The summed E-state index contributed by atoms with van der Waals surface area (Å²) < 4.78 is 24.3. The van der Waals surface area contributed by atoms with Crippen LogP contribution in [0.1, 0.15) is 25.7 Å². The Kier molecular flexibility index (Phi) is 3.96. The highest BCUT2D eigenvalue weighted by Gasteiger charge is 2.26. The third kappa shape index (κ3) is 3.58. The first-order chi connectivity index (χ1) is 9.94. The molecular formula is C13H18ClN3O3S. The van der Waals surface area contributed by atoms with Gasteiger partial charge in [-0.15, -0.1) is 0 Å². The normalized spacial score (nSPS) is 22.1. The first-order valence-electron chi connectivity index (χ1n) is 7.17. The molecule has 6 nitrogen and oxygen atoms in total. The number of nitrogens with zero attached hydrogens (tertiary/aromatic N) is 2. The zero-order valence-electron chi connectivity index (χ0n) is 11.6. The number of halogens is 1. The van der Waals surface area contributed by atoms with Crippen LogP contribution >= 0.6 is 11.6 Å². The fourth-order valence-electron chi connectivity index (χ4n) is 2.51. The number of sulfone groups is 1. The third-order valence-corrected chi connectivity index (χ3v) is 6.03. The molecule has 1 aromatic rings. The molecule has 1 aliphatic heterocycles. The van der Waals surface area contributed by atoms with E-state index in [1.165, 1.54) is 10.9 Å². The molecule has 0 amide bonds. The summed E-state index contributed by atoms with van der Waals surface area (Å²) in [5.41, 5.74) is 0.124. The van der Waals surface area contributed by atoms with Crippen LogP contribution in [0.3, 0.4) is 0 Å². The highest BCUT2D eigenvalue weighted by molar-refractivity contribution is 7.91. The first kappa shape index (κ1) is 14.8. The van der Waals surface area contributed by atoms with Crippen LogP contribution in [0.5, 0.6) is 0 Å². The second-order valence-corrected chi connectivity index (χ2v) is 8.58. The molecule has 2 aliphatic rings. The van der Waals surface area contributed by atoms with Crippen LogP contribution in [-0.2, 0) is 16.4 Å². The second-order valence-electron chi connectivity index (χ2n) is 5.87. The Balaban J connectivity index is 1.76. The molecule has 3 rings (SSSR count). The number of rotatable bonds is 4. The topological polar surface area (TPSA) is 81.1 Å². The van der Waals surface area contributed by atoms with Gasteiger partial charge in [0.05, 0.1) is 22.7 Å². The second kappa shape index (κ2) is 5.61. The maximum absolute atomic E-state index is 12.4. The molecule has 1 N–H and O–H groups in total. The van der Waals surface area contributed by atoms with Gasteiger partial charge in [-0.05, 0) is 31.6 Å². The lowest BCUT2D eigenvalue weighted by Gasteiger charge is -2.24. The monoisotopic (exact) mass is 331 g/mol. The van der Waals surface area contributed by atoms with Gasteiger partial charge in [0.2, 0.25) is 0 Å². The highest BCUT2D eigenvalue weighted by atomic mass is 35.5. The summed E-state index contributed by atoms with van der Waals surface area (Å²) in [6.45, 7) is 0.629. The summed E-state index contributed by atoms with van der Waals surface area (Å²) in [4.78, 5) is 12.4. The van der Waals surface area contributed by atoms with Crippen molar-refractivity contribution >= 4 is 27.1 Å². The van der Waals surface area contributed by atoms with E-state index in [0.717, 1.165) is 12.8 Å². The predicted molar refractivity (Wildman–Crippen MR) is 81.5 cm³/mol. The minimum atomic E-state index is -2.91. The van der Waals surface area contributed by atoms with Gasteiger partial charge in [-0.2, -0.15) is 5.10 Å². The summed E-state index contributed by atoms with van der Waals surface area (Å²) in [7, 11) is -2.91. The van der Waals surface area contributed by atoms with Crippen molar-refractivity contribution in [1.29, 1.82) is 0 Å². The van der Waals surface area contributed by atoms with E-state index in [-0.39, 0.29) is 23.1 Å². The van der Waals surface area contributed by atoms with Gasteiger partial charge in [-0.1, -0.05) is 11.6 Å². The zero-order chi connectivity index (χ0) is 15.0. The molecule has 1 aromatic heterocycles. The van der Waals surface area contributed by atoms with Gasteiger partial charge in [0, 0.05) is 12.6 Å². The number of hydrogen-bond donors (Lipinski definition) is 1. The zero-order valence-corrected chi connectivity index (χ0v) is 13.2. The van der Waals surface area contributed by atoms with Gasteiger partial charge < -0.3 is 5.32 Å². The van der Waals surface area contributed by atoms with Gasteiger partial charge in [0.1, 0.15) is 15.5 Å². The molecule has 0 radical (unpaired) electrons. The summed E-state index contributed by atoms with van der Waals surface area (Å²) >= 11 is 6.07. The van der Waals surface area contributed by atoms with Crippen LogP contribution in [-0.4, -0.2) is 35.7 Å². The molecule has 116 valence electrons. The first-order valence-corrected chi connectivity index (χ1v) is 9.37. The van der Waals surface area contributed by atoms with E-state index in [4.69, 9.17) is 11.6 Å². The van der Waals surface area contributed by atoms with E-state index in [1.807, 2.05) is 0 Å². The molecule has 2 fully saturated rings. The molecule has 0 bridgehead atoms. The van der Waals surface area contributed by atoms with E-state index < -0.39 is 9.84 Å². The Morgan fingerprint density at radius 2 is 1.95 bits per heavy atom. The van der Waals surface area contributed by atoms with E-state index in [0.29, 0.717) is 36.0 Å². The lowest BCUT2D eigenvalue weighted by atomic mass is 10.1. The molecule has 0 aromatic carbocycles. The number of hydrogen-bond acceptors (Lipinski definition) is 5. The van der Waals surface area contributed by atoms with Crippen LogP contribution < -0.4 is 10.9 Å². The van der Waals surface area contributed by atoms with Gasteiger partial charge in [-0.25, -0.2) is 13.1 Å². The fourth-order valence-corrected chi connectivity index (χ4v) is 4.18. The van der Waals surface area contributed by atoms with Crippen molar-refractivity contribution in [3.05, 3.63) is 21.6 Å². The Bertz CT molecular complexity index is 683. The number of aromatic nitrogens is 2. The minimum Gasteiger partial charge on any atom is -0.376 e.